The van der Waals surface area contributed by atoms with Crippen LogP contribution in [0.4, 0.5) is 0 Å². The zero-order valence-electron chi connectivity index (χ0n) is 15.3. The van der Waals surface area contributed by atoms with Gasteiger partial charge in [0.2, 0.25) is 0 Å². The number of fused-ring (bicyclic) bond motifs is 3. The van der Waals surface area contributed by atoms with Gasteiger partial charge in [0.25, 0.3) is 0 Å². The third kappa shape index (κ3) is 3.09. The van der Waals surface area contributed by atoms with Crippen molar-refractivity contribution < 1.29 is 14.0 Å². The van der Waals surface area contributed by atoms with Gasteiger partial charge in [-0.2, -0.15) is 0 Å². The first-order chi connectivity index (χ1) is 14.2. The Hall–Kier alpha value is -1.28. The molecule has 1 aromatic heterocycles. The highest BCUT2D eigenvalue weighted by atomic mass is 32.3. The first kappa shape index (κ1) is 18.5. The van der Waals surface area contributed by atoms with Gasteiger partial charge in [-0.1, -0.05) is 47.8 Å². The zero-order chi connectivity index (χ0) is 19.5. The number of ketones is 2. The maximum Gasteiger partial charge on any atom is 0.168 e. The number of hydrogen-bond donors (Lipinski definition) is 0. The average Bonchev–Trinajstić information content (AvgIpc) is 3.43. The average molecular weight is 457 g/mol. The zero-order valence-corrected chi connectivity index (χ0v) is 18.5. The molecule has 1 aromatic carbocycles. The van der Waals surface area contributed by atoms with Gasteiger partial charge in [-0.15, -0.1) is 23.5 Å². The quantitative estimate of drug-likeness (QED) is 0.371. The van der Waals surface area contributed by atoms with Gasteiger partial charge in [0.1, 0.15) is 5.76 Å². The van der Waals surface area contributed by atoms with E-state index in [-0.39, 0.29) is 17.5 Å². The second kappa shape index (κ2) is 7.15. The van der Waals surface area contributed by atoms with E-state index >= 15 is 0 Å². The number of carbonyl (C=O) groups excluding carboxylic acids is 2. The molecule has 2 atom stereocenters. The second-order valence-electron chi connectivity index (χ2n) is 7.51. The summed E-state index contributed by atoms with van der Waals surface area (Å²) in [5.41, 5.74) is 3.32. The van der Waals surface area contributed by atoms with E-state index in [1.165, 1.54) is 19.6 Å². The van der Waals surface area contributed by atoms with Crippen molar-refractivity contribution in [3.63, 3.8) is 0 Å². The molecule has 4 aliphatic rings. The van der Waals surface area contributed by atoms with Crippen LogP contribution in [-0.4, -0.2) is 16.8 Å². The number of furan rings is 1. The Bertz CT molecular complexity index is 1080. The van der Waals surface area contributed by atoms with Gasteiger partial charge in [0, 0.05) is 29.3 Å². The van der Waals surface area contributed by atoms with E-state index < -0.39 is 0 Å². The van der Waals surface area contributed by atoms with Crippen LogP contribution in [0.15, 0.2) is 65.4 Å². The molecule has 1 fully saturated rings. The Kier molecular flexibility index (Phi) is 4.56. The lowest BCUT2D eigenvalue weighted by Crippen LogP contribution is -2.25. The molecule has 2 aromatic rings. The Balaban J connectivity index is 1.24. The minimum Gasteiger partial charge on any atom is -0.469 e. The number of allylic oxidation sites excluding steroid dienone is 1. The van der Waals surface area contributed by atoms with E-state index in [1.807, 2.05) is 35.7 Å². The molecule has 0 radical (unpaired) electrons. The Labute approximate surface area is 185 Å². The van der Waals surface area contributed by atoms with Crippen LogP contribution in [0.2, 0.25) is 0 Å². The van der Waals surface area contributed by atoms with Crippen molar-refractivity contribution in [2.45, 2.75) is 35.7 Å². The second-order valence-corrected chi connectivity index (χ2v) is 12.7. The number of carbonyl (C=O) groups is 2. The summed E-state index contributed by atoms with van der Waals surface area (Å²) in [7, 11) is 0. The molecule has 0 spiro atoms. The monoisotopic (exact) mass is 456 g/mol. The summed E-state index contributed by atoms with van der Waals surface area (Å²) in [6, 6.07) is 12.4. The third-order valence-corrected chi connectivity index (χ3v) is 12.0. The molecule has 0 bridgehead atoms. The number of thioether (sulfide) groups is 4. The SMILES string of the molecule is O=C1CC(c2ccco2)CC(=O)C1=C1SC2=C(S1)S[C@H]1c3ccccc3C[C@H]1S2. The molecule has 29 heavy (non-hydrogen) atoms. The lowest BCUT2D eigenvalue weighted by Gasteiger charge is -2.25. The van der Waals surface area contributed by atoms with Gasteiger partial charge in [-0.3, -0.25) is 9.59 Å². The first-order valence-corrected chi connectivity index (χ1v) is 12.9. The highest BCUT2D eigenvalue weighted by Crippen LogP contribution is 2.68. The normalized spacial score (nSPS) is 28.6. The van der Waals surface area contributed by atoms with Gasteiger partial charge in [-0.25, -0.2) is 0 Å². The third-order valence-electron chi connectivity index (χ3n) is 5.72. The summed E-state index contributed by atoms with van der Waals surface area (Å²) >= 11 is 7.10. The maximum atomic E-state index is 12.9. The van der Waals surface area contributed by atoms with Crippen molar-refractivity contribution in [1.82, 2.24) is 0 Å². The first-order valence-electron chi connectivity index (χ1n) is 9.52. The fourth-order valence-electron chi connectivity index (χ4n) is 4.37. The lowest BCUT2D eigenvalue weighted by molar-refractivity contribution is -0.124. The minimum absolute atomic E-state index is 0.0435. The molecule has 0 saturated heterocycles. The summed E-state index contributed by atoms with van der Waals surface area (Å²) in [4.78, 5) is 25.8. The molecule has 0 N–H and O–H groups in total. The molecule has 0 unspecified atom stereocenters. The number of hydrogen-bond acceptors (Lipinski definition) is 7. The summed E-state index contributed by atoms with van der Waals surface area (Å²) in [6.45, 7) is 0. The van der Waals surface area contributed by atoms with Crippen LogP contribution >= 0.6 is 47.0 Å². The number of rotatable bonds is 1. The van der Waals surface area contributed by atoms with E-state index in [0.717, 1.165) is 16.4 Å². The Morgan fingerprint density at radius 3 is 2.34 bits per heavy atom. The van der Waals surface area contributed by atoms with Crippen LogP contribution in [0, 0.1) is 0 Å². The fourth-order valence-corrected chi connectivity index (χ4v) is 11.3. The molecular weight excluding hydrogens is 441 g/mol. The number of Topliss-reactive ketones (excluding diaryl/α,β-unsaturated/α-hetero) is 2. The van der Waals surface area contributed by atoms with Crippen molar-refractivity contribution in [2.75, 3.05) is 0 Å². The van der Waals surface area contributed by atoms with Gasteiger partial charge in [0.15, 0.2) is 11.6 Å². The van der Waals surface area contributed by atoms with Gasteiger partial charge in [-0.05, 0) is 29.7 Å². The van der Waals surface area contributed by atoms with E-state index in [1.54, 1.807) is 29.8 Å². The minimum atomic E-state index is -0.132. The van der Waals surface area contributed by atoms with E-state index in [2.05, 4.69) is 24.3 Å². The summed E-state index contributed by atoms with van der Waals surface area (Å²) in [6.07, 6.45) is 3.39. The van der Waals surface area contributed by atoms with Crippen molar-refractivity contribution in [3.05, 3.63) is 77.8 Å². The van der Waals surface area contributed by atoms with Crippen molar-refractivity contribution in [3.8, 4) is 0 Å². The summed E-state index contributed by atoms with van der Waals surface area (Å²) < 4.78 is 8.85. The highest BCUT2D eigenvalue weighted by molar-refractivity contribution is 8.41. The van der Waals surface area contributed by atoms with E-state index in [0.29, 0.717) is 28.9 Å². The van der Waals surface area contributed by atoms with Crippen LogP contribution in [0.1, 0.15) is 40.9 Å². The smallest absolute Gasteiger partial charge is 0.168 e. The largest absolute Gasteiger partial charge is 0.469 e. The molecule has 146 valence electrons. The Morgan fingerprint density at radius 1 is 0.828 bits per heavy atom. The van der Waals surface area contributed by atoms with Crippen LogP contribution in [0.3, 0.4) is 0 Å². The molecule has 0 amide bonds. The van der Waals surface area contributed by atoms with Gasteiger partial charge < -0.3 is 4.42 Å². The molecule has 3 nitrogen and oxygen atoms in total. The summed E-state index contributed by atoms with van der Waals surface area (Å²) in [5, 5.41) is 1.00. The highest BCUT2D eigenvalue weighted by Gasteiger charge is 2.44. The fraction of sp³-hybridized carbons (Fsp3) is 0.273. The summed E-state index contributed by atoms with van der Waals surface area (Å²) in [5.74, 6) is 0.515. The van der Waals surface area contributed by atoms with E-state index in [9.17, 15) is 9.59 Å². The molecule has 2 aliphatic carbocycles. The van der Waals surface area contributed by atoms with Crippen LogP contribution in [-0.2, 0) is 16.0 Å². The van der Waals surface area contributed by atoms with Crippen LogP contribution in [0.25, 0.3) is 0 Å². The standard InChI is InChI=1S/C22H16O3S4/c23-14-8-12(16-6-3-7-25-16)9-15(24)18(14)20-28-21-22(29-20)27-19-13-5-2-1-4-11(13)10-17(19)26-21/h1-7,12,17,19H,8-10H2/t12?,17-,19+/m1/s1. The predicted octanol–water partition coefficient (Wildman–Crippen LogP) is 6.26. The van der Waals surface area contributed by atoms with Crippen molar-refractivity contribution in [2.24, 2.45) is 0 Å². The Morgan fingerprint density at radius 2 is 1.59 bits per heavy atom. The lowest BCUT2D eigenvalue weighted by atomic mass is 9.83. The molecule has 2 aliphatic heterocycles. The van der Waals surface area contributed by atoms with Gasteiger partial charge >= 0.3 is 0 Å². The topological polar surface area (TPSA) is 47.3 Å². The molecule has 1 saturated carbocycles. The van der Waals surface area contributed by atoms with Crippen LogP contribution < -0.4 is 0 Å². The van der Waals surface area contributed by atoms with Crippen molar-refractivity contribution >= 4 is 58.6 Å². The molecule has 7 heteroatoms. The molecule has 3 heterocycles. The molecular formula is C22H16O3S4. The number of benzene rings is 1. The van der Waals surface area contributed by atoms with Gasteiger partial charge in [0.05, 0.1) is 24.5 Å². The maximum absolute atomic E-state index is 12.9. The van der Waals surface area contributed by atoms with Crippen LogP contribution in [0.5, 0.6) is 0 Å². The van der Waals surface area contributed by atoms with Crippen molar-refractivity contribution in [1.29, 1.82) is 0 Å². The predicted molar refractivity (Wildman–Crippen MR) is 122 cm³/mol. The molecule has 6 rings (SSSR count). The van der Waals surface area contributed by atoms with E-state index in [4.69, 9.17) is 4.42 Å².